The molecule has 1 atom stereocenters. The molecule has 3 rings (SSSR count). The number of methoxy groups -OCH3 is 1. The molecule has 1 fully saturated rings. The minimum absolute atomic E-state index is 0.202. The molecule has 1 amide bonds. The Bertz CT molecular complexity index is 698. The standard InChI is InChI=1S/C18H24N4O2/c1-21-13-19-20-18(21)15-7-5-11-22(12-15)17(23)10-9-14-6-3-4-8-16(14)24-2/h3-4,6,8,13,15H,5,7,9-12H2,1-2H3/t15-/m0/s1. The fourth-order valence-electron chi connectivity index (χ4n) is 3.39. The van der Waals surface area contributed by atoms with E-state index in [1.54, 1.807) is 13.4 Å². The maximum atomic E-state index is 12.6. The largest absolute Gasteiger partial charge is 0.496 e. The number of rotatable bonds is 5. The van der Waals surface area contributed by atoms with Crippen molar-refractivity contribution < 1.29 is 9.53 Å². The number of carbonyl (C=O) groups excluding carboxylic acids is 1. The summed E-state index contributed by atoms with van der Waals surface area (Å²) in [5, 5.41) is 8.17. The predicted octanol–water partition coefficient (Wildman–Crippen LogP) is 2.16. The van der Waals surface area contributed by atoms with E-state index in [9.17, 15) is 4.79 Å². The van der Waals surface area contributed by atoms with Crippen LogP contribution in [0.4, 0.5) is 0 Å². The average Bonchev–Trinajstić information content (AvgIpc) is 3.06. The summed E-state index contributed by atoms with van der Waals surface area (Å²) in [4.78, 5) is 14.6. The van der Waals surface area contributed by atoms with Crippen molar-refractivity contribution in [1.29, 1.82) is 0 Å². The molecule has 6 nitrogen and oxygen atoms in total. The van der Waals surface area contributed by atoms with Crippen molar-refractivity contribution >= 4 is 5.91 Å². The molecule has 2 heterocycles. The lowest BCUT2D eigenvalue weighted by Gasteiger charge is -2.32. The Morgan fingerprint density at radius 1 is 1.38 bits per heavy atom. The van der Waals surface area contributed by atoms with Crippen molar-refractivity contribution in [3.05, 3.63) is 42.0 Å². The van der Waals surface area contributed by atoms with Gasteiger partial charge in [-0.25, -0.2) is 0 Å². The smallest absolute Gasteiger partial charge is 0.222 e. The van der Waals surface area contributed by atoms with Gasteiger partial charge in [0.15, 0.2) is 0 Å². The first-order valence-electron chi connectivity index (χ1n) is 8.42. The maximum absolute atomic E-state index is 12.6. The SMILES string of the molecule is COc1ccccc1CCC(=O)N1CCC[C@H](c2nncn2C)C1. The summed E-state index contributed by atoms with van der Waals surface area (Å²) in [6.07, 6.45) is 5.00. The van der Waals surface area contributed by atoms with Crippen LogP contribution in [-0.4, -0.2) is 45.8 Å². The molecule has 1 aliphatic rings. The molecular weight excluding hydrogens is 304 g/mol. The van der Waals surface area contributed by atoms with E-state index < -0.39 is 0 Å². The molecule has 0 aliphatic carbocycles. The second-order valence-corrected chi connectivity index (χ2v) is 6.29. The van der Waals surface area contributed by atoms with Gasteiger partial charge in [0, 0.05) is 32.5 Å². The number of aryl methyl sites for hydroxylation is 2. The van der Waals surface area contributed by atoms with E-state index in [0.29, 0.717) is 12.8 Å². The molecular formula is C18H24N4O2. The highest BCUT2D eigenvalue weighted by molar-refractivity contribution is 5.76. The van der Waals surface area contributed by atoms with Gasteiger partial charge in [-0.05, 0) is 30.9 Å². The zero-order valence-electron chi connectivity index (χ0n) is 14.3. The topological polar surface area (TPSA) is 60.2 Å². The molecule has 1 aromatic carbocycles. The summed E-state index contributed by atoms with van der Waals surface area (Å²) in [6, 6.07) is 7.88. The fourth-order valence-corrected chi connectivity index (χ4v) is 3.39. The predicted molar refractivity (Wildman–Crippen MR) is 90.9 cm³/mol. The summed E-state index contributed by atoms with van der Waals surface area (Å²) in [6.45, 7) is 1.57. The van der Waals surface area contributed by atoms with Gasteiger partial charge >= 0.3 is 0 Å². The molecule has 2 aromatic rings. The molecule has 0 N–H and O–H groups in total. The van der Waals surface area contributed by atoms with Crippen molar-refractivity contribution in [2.75, 3.05) is 20.2 Å². The molecule has 0 saturated carbocycles. The number of piperidine rings is 1. The molecule has 0 bridgehead atoms. The third-order valence-electron chi connectivity index (χ3n) is 4.69. The van der Waals surface area contributed by atoms with Crippen LogP contribution in [0, 0.1) is 0 Å². The summed E-state index contributed by atoms with van der Waals surface area (Å²) >= 11 is 0. The van der Waals surface area contributed by atoms with Crippen LogP contribution in [0.5, 0.6) is 5.75 Å². The Labute approximate surface area is 142 Å². The van der Waals surface area contributed by atoms with Crippen LogP contribution in [0.2, 0.25) is 0 Å². The average molecular weight is 328 g/mol. The van der Waals surface area contributed by atoms with Gasteiger partial charge in [-0.2, -0.15) is 0 Å². The van der Waals surface area contributed by atoms with E-state index >= 15 is 0 Å². The summed E-state index contributed by atoms with van der Waals surface area (Å²) < 4.78 is 7.31. The van der Waals surface area contributed by atoms with Crippen molar-refractivity contribution in [3.8, 4) is 5.75 Å². The summed E-state index contributed by atoms with van der Waals surface area (Å²) in [5.74, 6) is 2.30. The molecule has 0 spiro atoms. The van der Waals surface area contributed by atoms with Gasteiger partial charge < -0.3 is 14.2 Å². The highest BCUT2D eigenvalue weighted by Crippen LogP contribution is 2.26. The lowest BCUT2D eigenvalue weighted by Crippen LogP contribution is -2.39. The Hall–Kier alpha value is -2.37. The Morgan fingerprint density at radius 2 is 2.21 bits per heavy atom. The molecule has 24 heavy (non-hydrogen) atoms. The van der Waals surface area contributed by atoms with E-state index in [4.69, 9.17) is 4.74 Å². The normalized spacial score (nSPS) is 17.8. The van der Waals surface area contributed by atoms with Crippen LogP contribution in [0.25, 0.3) is 0 Å². The van der Waals surface area contributed by atoms with Gasteiger partial charge in [-0.15, -0.1) is 10.2 Å². The number of para-hydroxylation sites is 1. The Kier molecular flexibility index (Phi) is 5.13. The van der Waals surface area contributed by atoms with E-state index in [1.807, 2.05) is 40.8 Å². The van der Waals surface area contributed by atoms with E-state index in [-0.39, 0.29) is 11.8 Å². The second-order valence-electron chi connectivity index (χ2n) is 6.29. The summed E-state index contributed by atoms with van der Waals surface area (Å²) in [7, 11) is 3.62. The lowest BCUT2D eigenvalue weighted by atomic mass is 9.96. The number of amides is 1. The molecule has 0 radical (unpaired) electrons. The minimum atomic E-state index is 0.202. The van der Waals surface area contributed by atoms with Crippen molar-refractivity contribution in [2.45, 2.75) is 31.6 Å². The molecule has 1 aromatic heterocycles. The molecule has 6 heteroatoms. The van der Waals surface area contributed by atoms with Crippen molar-refractivity contribution in [3.63, 3.8) is 0 Å². The maximum Gasteiger partial charge on any atom is 0.222 e. The zero-order chi connectivity index (χ0) is 16.9. The van der Waals surface area contributed by atoms with Crippen LogP contribution < -0.4 is 4.74 Å². The molecule has 1 saturated heterocycles. The Balaban J connectivity index is 1.59. The monoisotopic (exact) mass is 328 g/mol. The van der Waals surface area contributed by atoms with Crippen LogP contribution in [-0.2, 0) is 18.3 Å². The first kappa shape index (κ1) is 16.5. The quantitative estimate of drug-likeness (QED) is 0.844. The highest BCUT2D eigenvalue weighted by Gasteiger charge is 2.27. The van der Waals surface area contributed by atoms with Gasteiger partial charge in [0.25, 0.3) is 0 Å². The fraction of sp³-hybridized carbons (Fsp3) is 0.500. The van der Waals surface area contributed by atoms with E-state index in [2.05, 4.69) is 10.2 Å². The number of hydrogen-bond donors (Lipinski definition) is 0. The molecule has 128 valence electrons. The number of hydrogen-bond acceptors (Lipinski definition) is 4. The first-order valence-corrected chi connectivity index (χ1v) is 8.42. The zero-order valence-corrected chi connectivity index (χ0v) is 14.3. The van der Waals surface area contributed by atoms with Gasteiger partial charge in [0.1, 0.15) is 17.9 Å². The first-order chi connectivity index (χ1) is 11.7. The van der Waals surface area contributed by atoms with Crippen LogP contribution >= 0.6 is 0 Å². The van der Waals surface area contributed by atoms with E-state index in [1.165, 1.54) is 0 Å². The van der Waals surface area contributed by atoms with Crippen LogP contribution in [0.15, 0.2) is 30.6 Å². The van der Waals surface area contributed by atoms with Crippen LogP contribution in [0.3, 0.4) is 0 Å². The van der Waals surface area contributed by atoms with Gasteiger partial charge in [0.05, 0.1) is 7.11 Å². The lowest BCUT2D eigenvalue weighted by molar-refractivity contribution is -0.132. The van der Waals surface area contributed by atoms with Crippen molar-refractivity contribution in [2.24, 2.45) is 7.05 Å². The number of carbonyl (C=O) groups is 1. The highest BCUT2D eigenvalue weighted by atomic mass is 16.5. The number of aromatic nitrogens is 3. The molecule has 0 unspecified atom stereocenters. The Morgan fingerprint density at radius 3 is 2.96 bits per heavy atom. The second kappa shape index (κ2) is 7.47. The van der Waals surface area contributed by atoms with Crippen molar-refractivity contribution in [1.82, 2.24) is 19.7 Å². The van der Waals surface area contributed by atoms with Gasteiger partial charge in [-0.3, -0.25) is 4.79 Å². The number of likely N-dealkylation sites (tertiary alicyclic amines) is 1. The number of benzene rings is 1. The van der Waals surface area contributed by atoms with Crippen LogP contribution in [0.1, 0.15) is 36.6 Å². The minimum Gasteiger partial charge on any atom is -0.496 e. The van der Waals surface area contributed by atoms with Gasteiger partial charge in [0.2, 0.25) is 5.91 Å². The van der Waals surface area contributed by atoms with Gasteiger partial charge in [-0.1, -0.05) is 18.2 Å². The molecule has 1 aliphatic heterocycles. The number of ether oxygens (including phenoxy) is 1. The third-order valence-corrected chi connectivity index (χ3v) is 4.69. The summed E-state index contributed by atoms with van der Waals surface area (Å²) in [5.41, 5.74) is 1.08. The van der Waals surface area contributed by atoms with E-state index in [0.717, 1.165) is 43.1 Å². The number of nitrogens with zero attached hydrogens (tertiary/aromatic N) is 4. The third kappa shape index (κ3) is 3.58.